The van der Waals surface area contributed by atoms with E-state index < -0.39 is 8.25 Å². The largest absolute Gasteiger partial charge is 0.318 e. The number of rotatable bonds is 8. The topological polar surface area (TPSA) is 35.5 Å². The third-order valence-corrected chi connectivity index (χ3v) is 2.88. The van der Waals surface area contributed by atoms with E-state index in [9.17, 15) is 4.57 Å². The molecule has 0 aromatic heterocycles. The number of unbranched alkanes of at least 4 members (excludes halogenated alkanes) is 1. The summed E-state index contributed by atoms with van der Waals surface area (Å²) in [7, 11) is -0.797. The molecule has 2 atom stereocenters. The first-order valence-electron chi connectivity index (χ1n) is 4.95. The molecule has 0 aromatic rings. The summed E-state index contributed by atoms with van der Waals surface area (Å²) in [6, 6.07) is 0. The van der Waals surface area contributed by atoms with Crippen molar-refractivity contribution in [2.24, 2.45) is 5.92 Å². The monoisotopic (exact) mass is 208 g/mol. The number of hydrogen-bond acceptors (Lipinski definition) is 3. The Morgan fingerprint density at radius 1 is 1.38 bits per heavy atom. The summed E-state index contributed by atoms with van der Waals surface area (Å²) < 4.78 is 20.5. The fourth-order valence-electron chi connectivity index (χ4n) is 1.14. The van der Waals surface area contributed by atoms with E-state index in [-0.39, 0.29) is 0 Å². The van der Waals surface area contributed by atoms with Crippen molar-refractivity contribution in [3.8, 4) is 0 Å². The van der Waals surface area contributed by atoms with E-state index in [1.54, 1.807) is 0 Å². The smallest absolute Gasteiger partial charge is 0.314 e. The van der Waals surface area contributed by atoms with Gasteiger partial charge in [-0.1, -0.05) is 33.1 Å². The lowest BCUT2D eigenvalue weighted by molar-refractivity contribution is 0.205. The van der Waals surface area contributed by atoms with Gasteiger partial charge in [-0.15, -0.1) is 0 Å². The second-order valence-corrected chi connectivity index (χ2v) is 4.38. The van der Waals surface area contributed by atoms with Crippen LogP contribution in [-0.2, 0) is 13.6 Å². The minimum absolute atomic E-state index is 0.532. The SMILES string of the molecule is CCCCC(CC)CO[PH](=O)OC. The van der Waals surface area contributed by atoms with E-state index in [0.29, 0.717) is 12.5 Å². The highest BCUT2D eigenvalue weighted by Gasteiger charge is 2.07. The predicted octanol–water partition coefficient (Wildman–Crippen LogP) is 3.26. The van der Waals surface area contributed by atoms with Crippen molar-refractivity contribution >= 4 is 8.25 Å². The standard InChI is InChI=1S/C9H21O3P/c1-4-6-7-9(5-2)8-12-13(10)11-3/h9,13H,4-8H2,1-3H3. The van der Waals surface area contributed by atoms with Crippen molar-refractivity contribution in [1.82, 2.24) is 0 Å². The van der Waals surface area contributed by atoms with E-state index in [1.165, 1.54) is 20.0 Å². The molecule has 13 heavy (non-hydrogen) atoms. The molecule has 4 heteroatoms. The normalized spacial score (nSPS) is 15.6. The average molecular weight is 208 g/mol. The van der Waals surface area contributed by atoms with Gasteiger partial charge in [0.25, 0.3) is 0 Å². The highest BCUT2D eigenvalue weighted by molar-refractivity contribution is 7.33. The van der Waals surface area contributed by atoms with E-state index in [0.717, 1.165) is 12.8 Å². The predicted molar refractivity (Wildman–Crippen MR) is 55.3 cm³/mol. The van der Waals surface area contributed by atoms with Crippen LogP contribution < -0.4 is 0 Å². The van der Waals surface area contributed by atoms with Crippen LogP contribution in [-0.4, -0.2) is 13.7 Å². The van der Waals surface area contributed by atoms with Crippen LogP contribution in [0.4, 0.5) is 0 Å². The van der Waals surface area contributed by atoms with E-state index >= 15 is 0 Å². The second kappa shape index (κ2) is 8.74. The van der Waals surface area contributed by atoms with Crippen LogP contribution >= 0.6 is 8.25 Å². The molecule has 0 rings (SSSR count). The minimum atomic E-state index is -2.21. The van der Waals surface area contributed by atoms with Crippen molar-refractivity contribution in [1.29, 1.82) is 0 Å². The van der Waals surface area contributed by atoms with Gasteiger partial charge in [0.1, 0.15) is 0 Å². The third-order valence-electron chi connectivity index (χ3n) is 2.15. The van der Waals surface area contributed by atoms with Gasteiger partial charge in [-0.2, -0.15) is 0 Å². The molecule has 0 saturated heterocycles. The average Bonchev–Trinajstić information content (AvgIpc) is 2.17. The van der Waals surface area contributed by atoms with Crippen LogP contribution in [0.5, 0.6) is 0 Å². The first kappa shape index (κ1) is 13.2. The van der Waals surface area contributed by atoms with Gasteiger partial charge in [-0.25, -0.2) is 0 Å². The van der Waals surface area contributed by atoms with Gasteiger partial charge < -0.3 is 9.05 Å². The molecule has 2 unspecified atom stereocenters. The maximum atomic E-state index is 10.8. The molecule has 0 aromatic carbocycles. The zero-order valence-electron chi connectivity index (χ0n) is 8.84. The van der Waals surface area contributed by atoms with Crippen LogP contribution in [0.1, 0.15) is 39.5 Å². The fraction of sp³-hybridized carbons (Fsp3) is 1.00. The fourth-order valence-corrected chi connectivity index (χ4v) is 1.63. The minimum Gasteiger partial charge on any atom is -0.314 e. The van der Waals surface area contributed by atoms with Crippen LogP contribution in [0.15, 0.2) is 0 Å². The molecule has 0 spiro atoms. The van der Waals surface area contributed by atoms with Crippen molar-refractivity contribution in [2.75, 3.05) is 13.7 Å². The van der Waals surface area contributed by atoms with Crippen molar-refractivity contribution in [2.45, 2.75) is 39.5 Å². The van der Waals surface area contributed by atoms with Crippen LogP contribution in [0.2, 0.25) is 0 Å². The lowest BCUT2D eigenvalue weighted by Crippen LogP contribution is -2.05. The van der Waals surface area contributed by atoms with Gasteiger partial charge in [0.05, 0.1) is 6.61 Å². The van der Waals surface area contributed by atoms with Crippen molar-refractivity contribution in [3.05, 3.63) is 0 Å². The van der Waals surface area contributed by atoms with E-state index in [1.807, 2.05) is 0 Å². The Labute approximate surface area is 81.8 Å². The Hall–Kier alpha value is 0.150. The van der Waals surface area contributed by atoms with Crippen molar-refractivity contribution < 1.29 is 13.6 Å². The van der Waals surface area contributed by atoms with Gasteiger partial charge in [0.15, 0.2) is 0 Å². The Morgan fingerprint density at radius 2 is 2.08 bits per heavy atom. The van der Waals surface area contributed by atoms with Gasteiger partial charge in [0, 0.05) is 7.11 Å². The zero-order chi connectivity index (χ0) is 10.1. The van der Waals surface area contributed by atoms with Crippen molar-refractivity contribution in [3.63, 3.8) is 0 Å². The molecule has 0 fully saturated rings. The molecule has 0 aliphatic carbocycles. The van der Waals surface area contributed by atoms with E-state index in [2.05, 4.69) is 18.4 Å². The molecule has 0 bridgehead atoms. The quantitative estimate of drug-likeness (QED) is 0.574. The summed E-state index contributed by atoms with van der Waals surface area (Å²) in [6.07, 6.45) is 4.66. The summed E-state index contributed by atoms with van der Waals surface area (Å²) in [5.41, 5.74) is 0. The molecular formula is C9H21O3P. The molecule has 0 amide bonds. The second-order valence-electron chi connectivity index (χ2n) is 3.18. The first-order chi connectivity index (χ1) is 6.24. The molecular weight excluding hydrogens is 187 g/mol. The zero-order valence-corrected chi connectivity index (χ0v) is 9.84. The van der Waals surface area contributed by atoms with Crippen LogP contribution in [0.25, 0.3) is 0 Å². The number of hydrogen-bond donors (Lipinski definition) is 0. The summed E-state index contributed by atoms with van der Waals surface area (Å²) in [4.78, 5) is 0. The maximum absolute atomic E-state index is 10.8. The molecule has 80 valence electrons. The summed E-state index contributed by atoms with van der Waals surface area (Å²) in [6.45, 7) is 4.88. The van der Waals surface area contributed by atoms with E-state index in [4.69, 9.17) is 4.52 Å². The Morgan fingerprint density at radius 3 is 2.54 bits per heavy atom. The van der Waals surface area contributed by atoms with Gasteiger partial charge in [0.2, 0.25) is 0 Å². The summed E-state index contributed by atoms with van der Waals surface area (Å²) >= 11 is 0. The Balaban J connectivity index is 3.52. The van der Waals surface area contributed by atoms with Gasteiger partial charge >= 0.3 is 8.25 Å². The third kappa shape index (κ3) is 7.24. The molecule has 0 N–H and O–H groups in total. The molecule has 3 nitrogen and oxygen atoms in total. The lowest BCUT2D eigenvalue weighted by atomic mass is 10.0. The first-order valence-corrected chi connectivity index (χ1v) is 6.17. The molecule has 0 saturated carbocycles. The van der Waals surface area contributed by atoms with Gasteiger partial charge in [-0.05, 0) is 12.3 Å². The summed E-state index contributed by atoms with van der Waals surface area (Å²) in [5, 5.41) is 0. The highest BCUT2D eigenvalue weighted by atomic mass is 31.1. The van der Waals surface area contributed by atoms with Gasteiger partial charge in [-0.3, -0.25) is 4.57 Å². The molecule has 0 heterocycles. The van der Waals surface area contributed by atoms with Crippen LogP contribution in [0, 0.1) is 5.92 Å². The van der Waals surface area contributed by atoms with Crippen LogP contribution in [0.3, 0.4) is 0 Å². The summed E-state index contributed by atoms with van der Waals surface area (Å²) in [5.74, 6) is 0.532. The molecule has 0 aliphatic heterocycles. The molecule has 0 aliphatic rings. The Kier molecular flexibility index (Phi) is 8.84. The highest BCUT2D eigenvalue weighted by Crippen LogP contribution is 2.25. The molecule has 0 radical (unpaired) electrons. The Bertz CT molecular complexity index is 139. The maximum Gasteiger partial charge on any atom is 0.318 e. The lowest BCUT2D eigenvalue weighted by Gasteiger charge is -2.13.